The normalized spacial score (nSPS) is 14.6. The van der Waals surface area contributed by atoms with E-state index in [4.69, 9.17) is 21.4 Å². The molecule has 2 heterocycles. The Labute approximate surface area is 208 Å². The number of rotatable bonds is 10. The number of ether oxygens (including phenoxy) is 1. The van der Waals surface area contributed by atoms with E-state index in [0.29, 0.717) is 11.7 Å². The first-order chi connectivity index (χ1) is 16.7. The standard InChI is InChI=1S/C27H34N4O2S/c1-2-29-17-19-30(20-18-29)15-7-16-31(22-26-10-6-21-32-26)27(34)28-23-11-13-25(14-12-23)33-24-8-4-3-5-9-24/h3-6,8-14,21H,2,7,15-20,22H2,1H3,(H,28,34). The van der Waals surface area contributed by atoms with Crippen molar-refractivity contribution in [1.82, 2.24) is 14.7 Å². The molecule has 0 atom stereocenters. The minimum Gasteiger partial charge on any atom is -0.467 e. The van der Waals surface area contributed by atoms with Crippen LogP contribution in [0.5, 0.6) is 11.5 Å². The molecular formula is C27H34N4O2S. The van der Waals surface area contributed by atoms with Gasteiger partial charge in [0.1, 0.15) is 17.3 Å². The number of hydrogen-bond acceptors (Lipinski definition) is 5. The van der Waals surface area contributed by atoms with Crippen LogP contribution in [0.1, 0.15) is 19.1 Å². The van der Waals surface area contributed by atoms with Gasteiger partial charge in [-0.1, -0.05) is 25.1 Å². The Balaban J connectivity index is 1.30. The third-order valence-electron chi connectivity index (χ3n) is 6.11. The van der Waals surface area contributed by atoms with E-state index in [2.05, 4.69) is 26.9 Å². The number of hydrogen-bond donors (Lipinski definition) is 1. The zero-order valence-corrected chi connectivity index (χ0v) is 20.7. The lowest BCUT2D eigenvalue weighted by Gasteiger charge is -2.34. The zero-order chi connectivity index (χ0) is 23.6. The molecule has 0 radical (unpaired) electrons. The molecule has 0 amide bonds. The monoisotopic (exact) mass is 478 g/mol. The number of likely N-dealkylation sites (N-methyl/N-ethyl adjacent to an activating group) is 1. The summed E-state index contributed by atoms with van der Waals surface area (Å²) < 4.78 is 11.5. The largest absolute Gasteiger partial charge is 0.467 e. The molecule has 0 unspecified atom stereocenters. The van der Waals surface area contributed by atoms with Crippen LogP contribution in [-0.4, -0.2) is 65.6 Å². The van der Waals surface area contributed by atoms with Gasteiger partial charge in [0.15, 0.2) is 5.11 Å². The first-order valence-electron chi connectivity index (χ1n) is 12.1. The maximum Gasteiger partial charge on any atom is 0.173 e. The van der Waals surface area contributed by atoms with Crippen molar-refractivity contribution in [3.8, 4) is 11.5 Å². The lowest BCUT2D eigenvalue weighted by atomic mass is 10.2. The highest BCUT2D eigenvalue weighted by Gasteiger charge is 2.17. The van der Waals surface area contributed by atoms with Crippen molar-refractivity contribution in [2.75, 3.05) is 51.1 Å². The summed E-state index contributed by atoms with van der Waals surface area (Å²) in [5.41, 5.74) is 0.936. The van der Waals surface area contributed by atoms with Gasteiger partial charge in [-0.15, -0.1) is 0 Å². The molecular weight excluding hydrogens is 444 g/mol. The van der Waals surface area contributed by atoms with Crippen molar-refractivity contribution in [3.63, 3.8) is 0 Å². The van der Waals surface area contributed by atoms with Crippen molar-refractivity contribution < 1.29 is 9.15 Å². The Morgan fingerprint density at radius 2 is 1.65 bits per heavy atom. The van der Waals surface area contributed by atoms with Gasteiger partial charge in [0.2, 0.25) is 0 Å². The van der Waals surface area contributed by atoms with Gasteiger partial charge in [-0.25, -0.2) is 0 Å². The van der Waals surface area contributed by atoms with E-state index in [1.165, 1.54) is 0 Å². The van der Waals surface area contributed by atoms with E-state index in [-0.39, 0.29) is 0 Å². The van der Waals surface area contributed by atoms with Gasteiger partial charge in [-0.2, -0.15) is 0 Å². The van der Waals surface area contributed by atoms with Gasteiger partial charge < -0.3 is 29.2 Å². The number of thiocarbonyl (C=S) groups is 1. The van der Waals surface area contributed by atoms with E-state index in [1.54, 1.807) is 6.26 Å². The lowest BCUT2D eigenvalue weighted by Crippen LogP contribution is -2.46. The summed E-state index contributed by atoms with van der Waals surface area (Å²) in [6.07, 6.45) is 2.77. The van der Waals surface area contributed by atoms with E-state index < -0.39 is 0 Å². The topological polar surface area (TPSA) is 44.1 Å². The molecule has 0 bridgehead atoms. The number of furan rings is 1. The predicted octanol–water partition coefficient (Wildman–Crippen LogP) is 5.30. The molecule has 1 saturated heterocycles. The van der Waals surface area contributed by atoms with Gasteiger partial charge in [-0.3, -0.25) is 0 Å². The summed E-state index contributed by atoms with van der Waals surface area (Å²) in [5, 5.41) is 4.09. The van der Waals surface area contributed by atoms with Gasteiger partial charge in [-0.05, 0) is 80.3 Å². The molecule has 0 aliphatic carbocycles. The van der Waals surface area contributed by atoms with Crippen LogP contribution in [0.25, 0.3) is 0 Å². The molecule has 1 aliphatic rings. The summed E-state index contributed by atoms with van der Waals surface area (Å²) >= 11 is 5.79. The highest BCUT2D eigenvalue weighted by molar-refractivity contribution is 7.80. The van der Waals surface area contributed by atoms with Gasteiger partial charge in [0, 0.05) is 38.4 Å². The molecule has 1 N–H and O–H groups in total. The summed E-state index contributed by atoms with van der Waals surface area (Å²) in [6, 6.07) is 21.6. The molecule has 6 nitrogen and oxygen atoms in total. The van der Waals surface area contributed by atoms with Crippen molar-refractivity contribution in [1.29, 1.82) is 0 Å². The average molecular weight is 479 g/mol. The van der Waals surface area contributed by atoms with Crippen LogP contribution in [0.4, 0.5) is 5.69 Å². The molecule has 0 spiro atoms. The molecule has 34 heavy (non-hydrogen) atoms. The molecule has 3 aromatic rings. The molecule has 4 rings (SSSR count). The molecule has 7 heteroatoms. The third kappa shape index (κ3) is 7.32. The van der Waals surface area contributed by atoms with Crippen LogP contribution in [0.2, 0.25) is 0 Å². The minimum atomic E-state index is 0.650. The fraction of sp³-hybridized carbons (Fsp3) is 0.370. The SMILES string of the molecule is CCN1CCN(CCCN(Cc2ccco2)C(=S)Nc2ccc(Oc3ccccc3)cc2)CC1. The number of nitrogens with one attached hydrogen (secondary N) is 1. The molecule has 1 aliphatic heterocycles. The zero-order valence-electron chi connectivity index (χ0n) is 19.9. The van der Waals surface area contributed by atoms with Crippen LogP contribution in [0, 0.1) is 0 Å². The van der Waals surface area contributed by atoms with E-state index in [9.17, 15) is 0 Å². The smallest absolute Gasteiger partial charge is 0.173 e. The van der Waals surface area contributed by atoms with Crippen LogP contribution in [-0.2, 0) is 6.54 Å². The maximum absolute atomic E-state index is 5.89. The van der Waals surface area contributed by atoms with Gasteiger partial charge in [0.05, 0.1) is 12.8 Å². The molecule has 0 saturated carbocycles. The highest BCUT2D eigenvalue weighted by atomic mass is 32.1. The van der Waals surface area contributed by atoms with Crippen molar-refractivity contribution in [2.45, 2.75) is 19.9 Å². The lowest BCUT2D eigenvalue weighted by molar-refractivity contribution is 0.134. The second kappa shape index (κ2) is 12.6. The first kappa shape index (κ1) is 24.3. The number of benzene rings is 2. The van der Waals surface area contributed by atoms with Crippen LogP contribution < -0.4 is 10.1 Å². The number of anilines is 1. The van der Waals surface area contributed by atoms with E-state index in [1.807, 2.05) is 66.7 Å². The summed E-state index contributed by atoms with van der Waals surface area (Å²) in [4.78, 5) is 7.25. The maximum atomic E-state index is 5.89. The third-order valence-corrected chi connectivity index (χ3v) is 6.47. The molecule has 2 aromatic carbocycles. The molecule has 1 aromatic heterocycles. The van der Waals surface area contributed by atoms with Crippen molar-refractivity contribution in [3.05, 3.63) is 78.8 Å². The second-order valence-corrected chi connectivity index (χ2v) is 8.89. The Kier molecular flexibility index (Phi) is 8.96. The van der Waals surface area contributed by atoms with Crippen LogP contribution >= 0.6 is 12.2 Å². The van der Waals surface area contributed by atoms with E-state index in [0.717, 1.165) is 75.2 Å². The quantitative estimate of drug-likeness (QED) is 0.397. The Morgan fingerprint density at radius 1 is 0.941 bits per heavy atom. The average Bonchev–Trinajstić information content (AvgIpc) is 3.39. The highest BCUT2D eigenvalue weighted by Crippen LogP contribution is 2.23. The Morgan fingerprint density at radius 3 is 2.32 bits per heavy atom. The molecule has 1 fully saturated rings. The summed E-state index contributed by atoms with van der Waals surface area (Å²) in [7, 11) is 0. The van der Waals surface area contributed by atoms with Gasteiger partial charge >= 0.3 is 0 Å². The van der Waals surface area contributed by atoms with E-state index >= 15 is 0 Å². The summed E-state index contributed by atoms with van der Waals surface area (Å²) in [6.45, 7) is 10.6. The summed E-state index contributed by atoms with van der Waals surface area (Å²) in [5.74, 6) is 2.52. The van der Waals surface area contributed by atoms with Crippen molar-refractivity contribution >= 4 is 23.0 Å². The van der Waals surface area contributed by atoms with Crippen LogP contribution in [0.15, 0.2) is 77.4 Å². The number of piperazine rings is 1. The van der Waals surface area contributed by atoms with Crippen LogP contribution in [0.3, 0.4) is 0 Å². The minimum absolute atomic E-state index is 0.650. The number of para-hydroxylation sites is 1. The Bertz CT molecular complexity index is 987. The van der Waals surface area contributed by atoms with Crippen molar-refractivity contribution in [2.24, 2.45) is 0 Å². The predicted molar refractivity (Wildman–Crippen MR) is 141 cm³/mol. The first-order valence-corrected chi connectivity index (χ1v) is 12.5. The fourth-order valence-electron chi connectivity index (χ4n) is 4.09. The number of nitrogens with zero attached hydrogens (tertiary/aromatic N) is 3. The molecule has 180 valence electrons. The Hall–Kier alpha value is -2.87. The second-order valence-electron chi connectivity index (χ2n) is 8.50. The van der Waals surface area contributed by atoms with Gasteiger partial charge in [0.25, 0.3) is 0 Å². The fourth-order valence-corrected chi connectivity index (χ4v) is 4.36.